The number of hydrogen-bond acceptors (Lipinski definition) is 3. The minimum atomic E-state index is -4.50. The fraction of sp³-hybridized carbons (Fsp3) is 0.125. The summed E-state index contributed by atoms with van der Waals surface area (Å²) in [4.78, 5) is 11.2. The van der Waals surface area contributed by atoms with Crippen LogP contribution >= 0.6 is 0 Å². The molecule has 0 heterocycles. The maximum atomic E-state index is 11.2. The summed E-state index contributed by atoms with van der Waals surface area (Å²) in [6, 6.07) is -0.0940. The molecular formula is C8H13NO4SSi. The maximum Gasteiger partial charge on any atom is 0.359 e. The molecule has 0 aliphatic carbocycles. The van der Waals surface area contributed by atoms with Crippen molar-refractivity contribution in [2.24, 2.45) is 0 Å². The fourth-order valence-electron chi connectivity index (χ4n) is 0.925. The van der Waals surface area contributed by atoms with Gasteiger partial charge in [0.15, 0.2) is 0 Å². The van der Waals surface area contributed by atoms with E-state index in [1.165, 1.54) is 4.72 Å². The Morgan fingerprint density at radius 2 is 1.67 bits per heavy atom. The van der Waals surface area contributed by atoms with Crippen LogP contribution < -0.4 is 4.72 Å². The van der Waals surface area contributed by atoms with Crippen molar-refractivity contribution in [2.75, 3.05) is 0 Å². The second-order valence-corrected chi connectivity index (χ2v) is 7.86. The van der Waals surface area contributed by atoms with E-state index in [0.717, 1.165) is 0 Å². The Labute approximate surface area is 90.1 Å². The number of rotatable bonds is 6. The normalized spacial score (nSPS) is 11.5. The highest BCUT2D eigenvalue weighted by Crippen LogP contribution is 2.13. The number of amides is 1. The molecular weight excluding hydrogens is 234 g/mol. The van der Waals surface area contributed by atoms with Gasteiger partial charge in [0.05, 0.1) is 0 Å². The van der Waals surface area contributed by atoms with Crippen molar-refractivity contribution >= 4 is 24.3 Å². The molecule has 15 heavy (non-hydrogen) atoms. The number of hydrogen-bond donors (Lipinski definition) is 2. The predicted octanol–water partition coefficient (Wildman–Crippen LogP) is 0.530. The fourth-order valence-corrected chi connectivity index (χ4v) is 2.99. The highest BCUT2D eigenvalue weighted by Gasteiger charge is 2.26. The molecule has 0 spiro atoms. The average Bonchev–Trinajstić information content (AvgIpc) is 2.11. The van der Waals surface area contributed by atoms with Crippen LogP contribution in [-0.4, -0.2) is 27.0 Å². The highest BCUT2D eigenvalue weighted by molar-refractivity contribution is 7.84. The van der Waals surface area contributed by atoms with E-state index < -0.39 is 24.3 Å². The Morgan fingerprint density at radius 1 is 1.27 bits per heavy atom. The summed E-state index contributed by atoms with van der Waals surface area (Å²) in [6.07, 6.45) is 0. The summed E-state index contributed by atoms with van der Waals surface area (Å²) in [5.41, 5.74) is 4.66. The second kappa shape index (κ2) is 5.05. The van der Waals surface area contributed by atoms with Gasteiger partial charge in [0, 0.05) is 6.04 Å². The van der Waals surface area contributed by atoms with Crippen molar-refractivity contribution in [3.05, 3.63) is 36.8 Å². The standard InChI is InChI=1S/C8H13NO4SSi/c1-4-15(5-2,6-3)7-8(10)9-14(11,12)13/h4-6H,1-3,7H2,(H,9,10)(H,11,12,13). The van der Waals surface area contributed by atoms with Gasteiger partial charge in [-0.15, -0.1) is 19.7 Å². The SMILES string of the molecule is C=C[Si](C=C)(C=C)CC(=O)NS(=O)(=O)O. The summed E-state index contributed by atoms with van der Waals surface area (Å²) in [5, 5.41) is 0. The highest BCUT2D eigenvalue weighted by atomic mass is 32.2. The first-order valence-corrected chi connectivity index (χ1v) is 7.85. The van der Waals surface area contributed by atoms with Crippen molar-refractivity contribution in [2.45, 2.75) is 6.04 Å². The first-order valence-electron chi connectivity index (χ1n) is 3.97. The zero-order valence-electron chi connectivity index (χ0n) is 8.14. The van der Waals surface area contributed by atoms with Gasteiger partial charge >= 0.3 is 10.3 Å². The molecule has 0 aliphatic heterocycles. The Morgan fingerprint density at radius 3 is 1.93 bits per heavy atom. The molecule has 0 fully saturated rings. The topological polar surface area (TPSA) is 83.5 Å². The molecule has 0 atom stereocenters. The molecule has 7 heteroatoms. The Bertz CT molecular complexity index is 366. The smallest absolute Gasteiger partial charge is 0.274 e. The number of nitrogens with one attached hydrogen (secondary N) is 1. The summed E-state index contributed by atoms with van der Waals surface area (Å²) in [7, 11) is -6.88. The van der Waals surface area contributed by atoms with Crippen LogP contribution in [0.3, 0.4) is 0 Å². The number of carbonyl (C=O) groups excluding carboxylic acids is 1. The Kier molecular flexibility index (Phi) is 4.66. The van der Waals surface area contributed by atoms with E-state index in [1.807, 2.05) is 0 Å². The monoisotopic (exact) mass is 247 g/mol. The van der Waals surface area contributed by atoms with Crippen molar-refractivity contribution < 1.29 is 17.8 Å². The quantitative estimate of drug-likeness (QED) is 0.530. The van der Waals surface area contributed by atoms with Crippen molar-refractivity contribution in [1.29, 1.82) is 0 Å². The van der Waals surface area contributed by atoms with Gasteiger partial charge in [-0.2, -0.15) is 8.42 Å². The molecule has 0 aromatic carbocycles. The third-order valence-corrected chi connectivity index (χ3v) is 5.55. The lowest BCUT2D eigenvalue weighted by molar-refractivity contribution is -0.117. The molecule has 0 bridgehead atoms. The van der Waals surface area contributed by atoms with E-state index in [0.29, 0.717) is 0 Å². The first-order chi connectivity index (χ1) is 6.78. The van der Waals surface area contributed by atoms with Gasteiger partial charge in [-0.05, 0) is 0 Å². The van der Waals surface area contributed by atoms with Crippen molar-refractivity contribution in [3.8, 4) is 0 Å². The second-order valence-electron chi connectivity index (χ2n) is 2.90. The molecule has 1 amide bonds. The Balaban J connectivity index is 4.71. The van der Waals surface area contributed by atoms with Gasteiger partial charge in [-0.25, -0.2) is 4.72 Å². The van der Waals surface area contributed by atoms with Crippen LogP contribution in [0.2, 0.25) is 6.04 Å². The average molecular weight is 247 g/mol. The molecule has 0 saturated heterocycles. The molecule has 2 N–H and O–H groups in total. The third kappa shape index (κ3) is 4.72. The van der Waals surface area contributed by atoms with Crippen LogP contribution in [0.25, 0.3) is 0 Å². The van der Waals surface area contributed by atoms with E-state index in [1.54, 1.807) is 17.1 Å². The minimum Gasteiger partial charge on any atom is -0.274 e. The molecule has 5 nitrogen and oxygen atoms in total. The first kappa shape index (κ1) is 13.8. The van der Waals surface area contributed by atoms with Crippen LogP contribution in [0, 0.1) is 0 Å². The van der Waals surface area contributed by atoms with Gasteiger partial charge in [0.2, 0.25) is 5.91 Å². The van der Waals surface area contributed by atoms with Crippen LogP contribution in [-0.2, 0) is 15.1 Å². The molecule has 0 aliphatic rings. The molecule has 0 unspecified atom stereocenters. The van der Waals surface area contributed by atoms with Gasteiger partial charge in [-0.3, -0.25) is 9.35 Å². The van der Waals surface area contributed by atoms with E-state index in [-0.39, 0.29) is 6.04 Å². The van der Waals surface area contributed by atoms with Gasteiger partial charge in [0.1, 0.15) is 8.07 Å². The lowest BCUT2D eigenvalue weighted by Gasteiger charge is -2.17. The minimum absolute atomic E-state index is 0.0940. The summed E-state index contributed by atoms with van der Waals surface area (Å²) in [6.45, 7) is 10.7. The van der Waals surface area contributed by atoms with Crippen molar-refractivity contribution in [3.63, 3.8) is 0 Å². The van der Waals surface area contributed by atoms with Gasteiger partial charge in [-0.1, -0.05) is 17.1 Å². The zero-order valence-corrected chi connectivity index (χ0v) is 9.96. The molecule has 0 radical (unpaired) electrons. The van der Waals surface area contributed by atoms with E-state index >= 15 is 0 Å². The molecule has 0 saturated carbocycles. The summed E-state index contributed by atoms with van der Waals surface area (Å²) < 4.78 is 30.5. The maximum absolute atomic E-state index is 11.2. The lowest BCUT2D eigenvalue weighted by atomic mass is 10.8. The van der Waals surface area contributed by atoms with Crippen LogP contribution in [0.5, 0.6) is 0 Å². The van der Waals surface area contributed by atoms with Crippen LogP contribution in [0.1, 0.15) is 0 Å². The van der Waals surface area contributed by atoms with Crippen LogP contribution in [0.4, 0.5) is 0 Å². The van der Waals surface area contributed by atoms with Gasteiger partial charge in [0.25, 0.3) is 0 Å². The van der Waals surface area contributed by atoms with Gasteiger partial charge < -0.3 is 0 Å². The number of carbonyl (C=O) groups is 1. The zero-order chi connectivity index (χ0) is 12.1. The summed E-state index contributed by atoms with van der Waals surface area (Å²) in [5.74, 6) is -0.802. The third-order valence-electron chi connectivity index (χ3n) is 1.85. The van der Waals surface area contributed by atoms with E-state index in [4.69, 9.17) is 4.55 Å². The largest absolute Gasteiger partial charge is 0.359 e. The molecule has 0 aromatic heterocycles. The summed E-state index contributed by atoms with van der Waals surface area (Å²) >= 11 is 0. The lowest BCUT2D eigenvalue weighted by Crippen LogP contribution is -2.38. The molecule has 84 valence electrons. The van der Waals surface area contributed by atoms with E-state index in [2.05, 4.69) is 19.7 Å². The molecule has 0 rings (SSSR count). The van der Waals surface area contributed by atoms with Crippen LogP contribution in [0.15, 0.2) is 36.8 Å². The van der Waals surface area contributed by atoms with Crippen molar-refractivity contribution in [1.82, 2.24) is 4.72 Å². The predicted molar refractivity (Wildman–Crippen MR) is 60.8 cm³/mol. The Hall–Kier alpha value is -1.18. The van der Waals surface area contributed by atoms with E-state index in [9.17, 15) is 13.2 Å². The molecule has 0 aromatic rings.